The molecule has 21 heavy (non-hydrogen) atoms. The number of carbonyl (C=O) groups excluding carboxylic acids is 1. The summed E-state index contributed by atoms with van der Waals surface area (Å²) in [5.41, 5.74) is 4.86. The number of fused-ring (bicyclic) bond motifs is 1. The number of hydrogen-bond donors (Lipinski definition) is 1. The Bertz CT molecular complexity index is 768. The molecular weight excluding hydrogens is 270 g/mol. The molecule has 0 saturated heterocycles. The lowest BCUT2D eigenvalue weighted by atomic mass is 10.2. The van der Waals surface area contributed by atoms with Crippen LogP contribution in [0.15, 0.2) is 47.1 Å². The number of nitrogens with one attached hydrogen (secondary N) is 1. The van der Waals surface area contributed by atoms with Crippen LogP contribution in [0.25, 0.3) is 11.1 Å². The molecule has 3 rings (SSSR count). The minimum absolute atomic E-state index is 0.300. The number of amides is 1. The maximum absolute atomic E-state index is 12.0. The maximum atomic E-state index is 12.0. The first-order valence-corrected chi connectivity index (χ1v) is 6.42. The van der Waals surface area contributed by atoms with Gasteiger partial charge in [-0.15, -0.1) is 0 Å². The van der Waals surface area contributed by atoms with Crippen molar-refractivity contribution >= 4 is 17.0 Å². The summed E-state index contributed by atoms with van der Waals surface area (Å²) >= 11 is 0. The maximum Gasteiger partial charge on any atom is 0.276 e. The molecule has 1 amide bonds. The van der Waals surface area contributed by atoms with Crippen molar-refractivity contribution in [1.82, 2.24) is 15.6 Å². The lowest BCUT2D eigenvalue weighted by Crippen LogP contribution is -2.23. The summed E-state index contributed by atoms with van der Waals surface area (Å²) in [7, 11) is 0. The van der Waals surface area contributed by atoms with Crippen molar-refractivity contribution in [2.45, 2.75) is 13.5 Å². The Morgan fingerprint density at radius 1 is 1.33 bits per heavy atom. The van der Waals surface area contributed by atoms with Crippen molar-refractivity contribution in [2.75, 3.05) is 0 Å². The van der Waals surface area contributed by atoms with Crippen LogP contribution in [0.4, 0.5) is 0 Å². The van der Waals surface area contributed by atoms with Gasteiger partial charge in [0, 0.05) is 6.20 Å². The van der Waals surface area contributed by atoms with Crippen molar-refractivity contribution in [1.29, 1.82) is 0 Å². The predicted molar refractivity (Wildman–Crippen MR) is 75.2 cm³/mol. The van der Waals surface area contributed by atoms with Gasteiger partial charge in [0.05, 0.1) is 23.3 Å². The van der Waals surface area contributed by atoms with Crippen LogP contribution in [0.2, 0.25) is 0 Å². The number of aryl methyl sites for hydroxylation is 1. The Balaban J connectivity index is 1.65. The standard InChI is InChI=1S/C15H13N3O3/c1-10-13-7-12(8-16-15(13)21-17-10)14(19)18-20-9-11-5-3-2-4-6-11/h2-8H,9H2,1H3,(H,18,19). The number of hydroxylamine groups is 1. The van der Waals surface area contributed by atoms with E-state index in [1.54, 1.807) is 13.0 Å². The Morgan fingerprint density at radius 2 is 2.14 bits per heavy atom. The topological polar surface area (TPSA) is 77.2 Å². The Kier molecular flexibility index (Phi) is 3.61. The van der Waals surface area contributed by atoms with Gasteiger partial charge in [0.25, 0.3) is 11.6 Å². The van der Waals surface area contributed by atoms with Crippen LogP contribution in [0.5, 0.6) is 0 Å². The second-order valence-electron chi connectivity index (χ2n) is 4.55. The molecular formula is C15H13N3O3. The van der Waals surface area contributed by atoms with Crippen molar-refractivity contribution in [3.05, 3.63) is 59.4 Å². The minimum atomic E-state index is -0.360. The fourth-order valence-corrected chi connectivity index (χ4v) is 1.89. The molecule has 0 radical (unpaired) electrons. The molecule has 0 aliphatic rings. The van der Waals surface area contributed by atoms with E-state index in [1.807, 2.05) is 30.3 Å². The second kappa shape index (κ2) is 5.72. The number of aromatic nitrogens is 2. The third kappa shape index (κ3) is 2.90. The van der Waals surface area contributed by atoms with Crippen molar-refractivity contribution in [3.8, 4) is 0 Å². The van der Waals surface area contributed by atoms with Gasteiger partial charge < -0.3 is 4.52 Å². The molecule has 0 saturated carbocycles. The zero-order valence-electron chi connectivity index (χ0n) is 11.4. The summed E-state index contributed by atoms with van der Waals surface area (Å²) < 4.78 is 5.00. The molecule has 0 unspecified atom stereocenters. The third-order valence-electron chi connectivity index (χ3n) is 3.02. The van der Waals surface area contributed by atoms with Crippen LogP contribution in [-0.2, 0) is 11.4 Å². The molecule has 0 spiro atoms. The van der Waals surface area contributed by atoms with Gasteiger partial charge in [-0.1, -0.05) is 35.5 Å². The first-order chi connectivity index (χ1) is 10.2. The minimum Gasteiger partial charge on any atom is -0.336 e. The van der Waals surface area contributed by atoms with Gasteiger partial charge in [-0.25, -0.2) is 10.5 Å². The molecule has 3 aromatic rings. The van der Waals surface area contributed by atoms with Gasteiger partial charge in [0.15, 0.2) is 0 Å². The molecule has 2 heterocycles. The summed E-state index contributed by atoms with van der Waals surface area (Å²) in [5, 5.41) is 4.51. The van der Waals surface area contributed by atoms with E-state index in [1.165, 1.54) is 6.20 Å². The summed E-state index contributed by atoms with van der Waals surface area (Å²) in [6, 6.07) is 11.3. The van der Waals surface area contributed by atoms with Crippen LogP contribution in [-0.4, -0.2) is 16.0 Å². The van der Waals surface area contributed by atoms with Crippen molar-refractivity contribution in [3.63, 3.8) is 0 Å². The number of rotatable bonds is 4. The van der Waals surface area contributed by atoms with Gasteiger partial charge in [0.1, 0.15) is 0 Å². The van der Waals surface area contributed by atoms with Crippen molar-refractivity contribution in [2.24, 2.45) is 0 Å². The van der Waals surface area contributed by atoms with Gasteiger partial charge in [-0.3, -0.25) is 9.63 Å². The number of pyridine rings is 1. The van der Waals surface area contributed by atoms with Crippen LogP contribution < -0.4 is 5.48 Å². The molecule has 0 bridgehead atoms. The van der Waals surface area contributed by atoms with E-state index >= 15 is 0 Å². The van der Waals surface area contributed by atoms with Gasteiger partial charge in [-0.2, -0.15) is 0 Å². The van der Waals surface area contributed by atoms with Crippen LogP contribution in [0, 0.1) is 6.92 Å². The summed E-state index contributed by atoms with van der Waals surface area (Å²) in [5.74, 6) is -0.360. The van der Waals surface area contributed by atoms with E-state index in [0.29, 0.717) is 29.0 Å². The zero-order valence-corrected chi connectivity index (χ0v) is 11.4. The summed E-state index contributed by atoms with van der Waals surface area (Å²) in [6.45, 7) is 2.09. The first-order valence-electron chi connectivity index (χ1n) is 6.42. The molecule has 0 atom stereocenters. The average molecular weight is 283 g/mol. The quantitative estimate of drug-likeness (QED) is 0.744. The number of nitrogens with zero attached hydrogens (tertiary/aromatic N) is 2. The predicted octanol–water partition coefficient (Wildman–Crippen LogP) is 2.39. The molecule has 1 aromatic carbocycles. The van der Waals surface area contributed by atoms with Crippen molar-refractivity contribution < 1.29 is 14.2 Å². The number of hydrogen-bond acceptors (Lipinski definition) is 5. The number of carbonyl (C=O) groups is 1. The monoisotopic (exact) mass is 283 g/mol. The summed E-state index contributed by atoms with van der Waals surface area (Å²) in [4.78, 5) is 21.2. The molecule has 1 N–H and O–H groups in total. The SMILES string of the molecule is Cc1noc2ncc(C(=O)NOCc3ccccc3)cc12. The van der Waals surface area contributed by atoms with E-state index < -0.39 is 0 Å². The van der Waals surface area contributed by atoms with Crippen LogP contribution in [0.1, 0.15) is 21.6 Å². The first kappa shape index (κ1) is 13.3. The lowest BCUT2D eigenvalue weighted by molar-refractivity contribution is 0.0233. The molecule has 0 aliphatic heterocycles. The largest absolute Gasteiger partial charge is 0.336 e. The molecule has 0 fully saturated rings. The van der Waals surface area contributed by atoms with Gasteiger partial charge >= 0.3 is 0 Å². The fraction of sp³-hybridized carbons (Fsp3) is 0.133. The normalized spacial score (nSPS) is 10.7. The fourth-order valence-electron chi connectivity index (χ4n) is 1.89. The Labute approximate surface area is 120 Å². The van der Waals surface area contributed by atoms with E-state index in [-0.39, 0.29) is 5.91 Å². The number of benzene rings is 1. The highest BCUT2D eigenvalue weighted by molar-refractivity contribution is 5.96. The highest BCUT2D eigenvalue weighted by Gasteiger charge is 2.11. The van der Waals surface area contributed by atoms with E-state index in [0.717, 1.165) is 5.56 Å². The Hall–Kier alpha value is -2.73. The third-order valence-corrected chi connectivity index (χ3v) is 3.02. The molecule has 0 aliphatic carbocycles. The van der Waals surface area contributed by atoms with Crippen LogP contribution >= 0.6 is 0 Å². The van der Waals surface area contributed by atoms with Crippen LogP contribution in [0.3, 0.4) is 0 Å². The molecule has 6 heteroatoms. The highest BCUT2D eigenvalue weighted by Crippen LogP contribution is 2.16. The lowest BCUT2D eigenvalue weighted by Gasteiger charge is -2.05. The summed E-state index contributed by atoms with van der Waals surface area (Å²) in [6.07, 6.45) is 1.42. The molecule has 6 nitrogen and oxygen atoms in total. The van der Waals surface area contributed by atoms with E-state index in [9.17, 15) is 4.79 Å². The van der Waals surface area contributed by atoms with Gasteiger partial charge in [0.2, 0.25) is 0 Å². The van der Waals surface area contributed by atoms with Gasteiger partial charge in [-0.05, 0) is 18.6 Å². The highest BCUT2D eigenvalue weighted by atomic mass is 16.6. The van der Waals surface area contributed by atoms with E-state index in [4.69, 9.17) is 9.36 Å². The zero-order chi connectivity index (χ0) is 14.7. The molecule has 106 valence electrons. The average Bonchev–Trinajstić information content (AvgIpc) is 2.89. The van der Waals surface area contributed by atoms with E-state index in [2.05, 4.69) is 15.6 Å². The second-order valence-corrected chi connectivity index (χ2v) is 4.55. The smallest absolute Gasteiger partial charge is 0.276 e. The Morgan fingerprint density at radius 3 is 2.95 bits per heavy atom. The molecule has 2 aromatic heterocycles.